The van der Waals surface area contributed by atoms with E-state index >= 15 is 0 Å². The van der Waals surface area contributed by atoms with Gasteiger partial charge in [-0.2, -0.15) is 5.10 Å². The smallest absolute Gasteiger partial charge is 0.287 e. The summed E-state index contributed by atoms with van der Waals surface area (Å²) in [6.45, 7) is 1.39. The van der Waals surface area contributed by atoms with E-state index in [0.29, 0.717) is 17.0 Å². The highest BCUT2D eigenvalue weighted by Gasteiger charge is 2.18. The Morgan fingerprint density at radius 2 is 1.88 bits per heavy atom. The van der Waals surface area contributed by atoms with E-state index in [1.807, 2.05) is 6.07 Å². The Morgan fingerprint density at radius 1 is 1.12 bits per heavy atom. The van der Waals surface area contributed by atoms with Crippen LogP contribution >= 0.6 is 34.8 Å². The summed E-state index contributed by atoms with van der Waals surface area (Å²) < 4.78 is 29.1. The van der Waals surface area contributed by atoms with E-state index in [1.54, 1.807) is 37.3 Å². The maximum absolute atomic E-state index is 12.8. The van der Waals surface area contributed by atoms with Gasteiger partial charge in [-0.05, 0) is 48.7 Å². The van der Waals surface area contributed by atoms with Crippen molar-refractivity contribution in [2.24, 2.45) is 0 Å². The van der Waals surface area contributed by atoms with Crippen molar-refractivity contribution in [1.82, 2.24) is 14.5 Å². The molecule has 174 valence electrons. The fourth-order valence-electron chi connectivity index (χ4n) is 2.96. The molecule has 0 aliphatic heterocycles. The molecular formula is C21H19Cl3N4O4S. The summed E-state index contributed by atoms with van der Waals surface area (Å²) >= 11 is 17.5. The van der Waals surface area contributed by atoms with Gasteiger partial charge in [-0.3, -0.25) is 9.59 Å². The van der Waals surface area contributed by atoms with Crippen LogP contribution in [0.3, 0.4) is 0 Å². The van der Waals surface area contributed by atoms with Crippen LogP contribution in [0.2, 0.25) is 15.1 Å². The molecule has 3 rings (SSSR count). The highest BCUT2D eigenvalue weighted by Crippen LogP contribution is 2.21. The van der Waals surface area contributed by atoms with Crippen LogP contribution in [0.25, 0.3) is 0 Å². The largest absolute Gasteiger partial charge is 0.324 e. The average molecular weight is 530 g/mol. The van der Waals surface area contributed by atoms with Gasteiger partial charge in [-0.15, -0.1) is 0 Å². The molecule has 0 aliphatic rings. The zero-order valence-electron chi connectivity index (χ0n) is 17.3. The minimum Gasteiger partial charge on any atom is -0.324 e. The number of aromatic nitrogens is 2. The van der Waals surface area contributed by atoms with Crippen molar-refractivity contribution in [2.45, 2.75) is 24.8 Å². The van der Waals surface area contributed by atoms with Crippen molar-refractivity contribution in [3.05, 3.63) is 85.2 Å². The SMILES string of the molecule is Cc1ccc(NC(=O)Cn2ncc(Cl)c(Cl)c2=O)cc1S(=O)(=O)NCCc1cccc(Cl)c1. The topological polar surface area (TPSA) is 110 Å². The summed E-state index contributed by atoms with van der Waals surface area (Å²) in [4.78, 5) is 24.4. The second-order valence-electron chi connectivity index (χ2n) is 7.08. The first-order valence-electron chi connectivity index (χ1n) is 9.62. The normalized spacial score (nSPS) is 11.4. The second kappa shape index (κ2) is 10.7. The third-order valence-electron chi connectivity index (χ3n) is 4.59. The number of aryl methyl sites for hydroxylation is 1. The monoisotopic (exact) mass is 528 g/mol. The van der Waals surface area contributed by atoms with E-state index in [2.05, 4.69) is 15.1 Å². The molecule has 1 aromatic heterocycles. The number of hydrogen-bond acceptors (Lipinski definition) is 5. The van der Waals surface area contributed by atoms with Gasteiger partial charge in [0.05, 0.1) is 16.1 Å². The van der Waals surface area contributed by atoms with Gasteiger partial charge in [0.1, 0.15) is 11.6 Å². The number of rotatable bonds is 8. The molecule has 0 atom stereocenters. The lowest BCUT2D eigenvalue weighted by Crippen LogP contribution is -2.30. The van der Waals surface area contributed by atoms with Crippen LogP contribution in [0.1, 0.15) is 11.1 Å². The highest BCUT2D eigenvalue weighted by atomic mass is 35.5. The van der Waals surface area contributed by atoms with Crippen LogP contribution in [0.15, 0.2) is 58.4 Å². The average Bonchev–Trinajstić information content (AvgIpc) is 2.75. The highest BCUT2D eigenvalue weighted by molar-refractivity contribution is 7.89. The van der Waals surface area contributed by atoms with Gasteiger partial charge >= 0.3 is 0 Å². The molecule has 0 fully saturated rings. The van der Waals surface area contributed by atoms with Crippen LogP contribution in [-0.4, -0.2) is 30.7 Å². The molecule has 0 aliphatic carbocycles. The maximum Gasteiger partial charge on any atom is 0.287 e. The zero-order chi connectivity index (χ0) is 24.2. The number of nitrogens with zero attached hydrogens (tertiary/aromatic N) is 2. The van der Waals surface area contributed by atoms with Gasteiger partial charge in [0, 0.05) is 17.3 Å². The molecule has 33 heavy (non-hydrogen) atoms. The molecule has 1 heterocycles. The lowest BCUT2D eigenvalue weighted by molar-refractivity contribution is -0.117. The Morgan fingerprint density at radius 3 is 2.61 bits per heavy atom. The molecule has 0 saturated carbocycles. The second-order valence-corrected chi connectivity index (χ2v) is 10.0. The van der Waals surface area contributed by atoms with Gasteiger partial charge in [0.25, 0.3) is 5.56 Å². The molecule has 0 saturated heterocycles. The predicted octanol–water partition coefficient (Wildman–Crippen LogP) is 3.67. The number of hydrogen-bond donors (Lipinski definition) is 2. The van der Waals surface area contributed by atoms with Crippen molar-refractivity contribution >= 4 is 56.4 Å². The van der Waals surface area contributed by atoms with E-state index in [4.69, 9.17) is 34.8 Å². The van der Waals surface area contributed by atoms with E-state index < -0.39 is 28.0 Å². The predicted molar refractivity (Wildman–Crippen MR) is 129 cm³/mol. The summed E-state index contributed by atoms with van der Waals surface area (Å²) in [6.07, 6.45) is 1.62. The van der Waals surface area contributed by atoms with E-state index in [1.165, 1.54) is 6.07 Å². The number of benzene rings is 2. The van der Waals surface area contributed by atoms with Crippen LogP contribution in [0, 0.1) is 6.92 Å². The zero-order valence-corrected chi connectivity index (χ0v) is 20.4. The number of halogens is 3. The number of carbonyl (C=O) groups is 1. The molecule has 0 unspecified atom stereocenters. The molecule has 3 aromatic rings. The lowest BCUT2D eigenvalue weighted by Gasteiger charge is -2.12. The third kappa shape index (κ3) is 6.55. The number of anilines is 1. The van der Waals surface area contributed by atoms with Gasteiger partial charge in [-0.25, -0.2) is 17.8 Å². The fraction of sp³-hybridized carbons (Fsp3) is 0.190. The van der Waals surface area contributed by atoms with Crippen LogP contribution < -0.4 is 15.6 Å². The first-order chi connectivity index (χ1) is 15.6. The van der Waals surface area contributed by atoms with Crippen molar-refractivity contribution in [3.8, 4) is 0 Å². The Kier molecular flexibility index (Phi) is 8.14. The van der Waals surface area contributed by atoms with Crippen molar-refractivity contribution in [2.75, 3.05) is 11.9 Å². The quantitative estimate of drug-likeness (QED) is 0.463. The molecule has 0 spiro atoms. The van der Waals surface area contributed by atoms with Gasteiger partial charge < -0.3 is 5.32 Å². The Bertz CT molecular complexity index is 1360. The summed E-state index contributed by atoms with van der Waals surface area (Å²) in [5.74, 6) is -0.593. The van der Waals surface area contributed by atoms with Crippen LogP contribution in [0.4, 0.5) is 5.69 Å². The standard InChI is InChI=1S/C21H19Cl3N4O4S/c1-13-5-6-16(27-19(29)12-28-21(30)20(24)17(23)11-25-28)10-18(13)33(31,32)26-8-7-14-3-2-4-15(22)9-14/h2-6,9-11,26H,7-8,12H2,1H3,(H,27,29). The van der Waals surface area contributed by atoms with Gasteiger partial charge in [0.15, 0.2) is 0 Å². The summed E-state index contributed by atoms with van der Waals surface area (Å²) in [5.41, 5.74) is 0.934. The van der Waals surface area contributed by atoms with Crippen LogP contribution in [0.5, 0.6) is 0 Å². The molecular weight excluding hydrogens is 511 g/mol. The molecule has 2 N–H and O–H groups in total. The van der Waals surface area contributed by atoms with E-state index in [9.17, 15) is 18.0 Å². The van der Waals surface area contributed by atoms with Gasteiger partial charge in [-0.1, -0.05) is 53.0 Å². The van der Waals surface area contributed by atoms with Crippen LogP contribution in [-0.2, 0) is 27.8 Å². The number of nitrogens with one attached hydrogen (secondary N) is 2. The number of amides is 1. The van der Waals surface area contributed by atoms with E-state index in [-0.39, 0.29) is 27.2 Å². The maximum atomic E-state index is 12.8. The molecule has 12 heteroatoms. The van der Waals surface area contributed by atoms with E-state index in [0.717, 1.165) is 16.4 Å². The van der Waals surface area contributed by atoms with Crippen molar-refractivity contribution in [1.29, 1.82) is 0 Å². The Balaban J connectivity index is 1.69. The number of carbonyl (C=O) groups excluding carboxylic acids is 1. The summed E-state index contributed by atoms with van der Waals surface area (Å²) in [7, 11) is -3.84. The molecule has 8 nitrogen and oxygen atoms in total. The minimum absolute atomic E-state index is 0.0189. The first kappa shape index (κ1) is 25.2. The molecule has 0 radical (unpaired) electrons. The van der Waals surface area contributed by atoms with Crippen molar-refractivity contribution < 1.29 is 13.2 Å². The number of sulfonamides is 1. The summed E-state index contributed by atoms with van der Waals surface area (Å²) in [5, 5.41) is 6.64. The first-order valence-corrected chi connectivity index (χ1v) is 12.2. The molecule has 0 bridgehead atoms. The molecule has 1 amide bonds. The molecule has 2 aromatic carbocycles. The fourth-order valence-corrected chi connectivity index (χ4v) is 4.75. The van der Waals surface area contributed by atoms with Gasteiger partial charge in [0.2, 0.25) is 15.9 Å². The lowest BCUT2D eigenvalue weighted by atomic mass is 10.2. The minimum atomic E-state index is -3.84. The Hall–Kier alpha value is -2.43. The van der Waals surface area contributed by atoms with Crippen molar-refractivity contribution in [3.63, 3.8) is 0 Å². The Labute approximate surface area is 205 Å². The third-order valence-corrected chi connectivity index (χ3v) is 7.18. The summed E-state index contributed by atoms with van der Waals surface area (Å²) in [6, 6.07) is 11.6.